The standard InChI is InChI=1S/C18H29N3/c1-2-3-6-16-9-10-19-18(15-16)21-13-11-20(12-14-21)17-7-4-5-8-17/h9-10,15,17H,2-8,11-14H2,1H3. The minimum atomic E-state index is 0.871. The van der Waals surface area contributed by atoms with Gasteiger partial charge in [-0.05, 0) is 43.4 Å². The van der Waals surface area contributed by atoms with Gasteiger partial charge < -0.3 is 4.90 Å². The van der Waals surface area contributed by atoms with Crippen molar-refractivity contribution in [3.63, 3.8) is 0 Å². The van der Waals surface area contributed by atoms with Gasteiger partial charge in [-0.2, -0.15) is 0 Å². The highest BCUT2D eigenvalue weighted by molar-refractivity contribution is 5.41. The highest BCUT2D eigenvalue weighted by atomic mass is 15.3. The van der Waals surface area contributed by atoms with E-state index in [1.54, 1.807) is 0 Å². The summed E-state index contributed by atoms with van der Waals surface area (Å²) in [5.41, 5.74) is 1.44. The maximum absolute atomic E-state index is 4.60. The first-order chi connectivity index (χ1) is 10.4. The van der Waals surface area contributed by atoms with Crippen LogP contribution in [-0.4, -0.2) is 42.1 Å². The fourth-order valence-electron chi connectivity index (χ4n) is 3.76. The summed E-state index contributed by atoms with van der Waals surface area (Å²) < 4.78 is 0. The van der Waals surface area contributed by atoms with Gasteiger partial charge in [-0.25, -0.2) is 4.98 Å². The van der Waals surface area contributed by atoms with Crippen LogP contribution in [-0.2, 0) is 6.42 Å². The number of rotatable bonds is 5. The molecule has 0 aromatic carbocycles. The number of piperazine rings is 1. The first kappa shape index (κ1) is 14.8. The van der Waals surface area contributed by atoms with Gasteiger partial charge in [-0.1, -0.05) is 26.2 Å². The van der Waals surface area contributed by atoms with Gasteiger partial charge in [0.1, 0.15) is 5.82 Å². The third-order valence-corrected chi connectivity index (χ3v) is 5.11. The molecule has 0 spiro atoms. The van der Waals surface area contributed by atoms with Crippen molar-refractivity contribution in [2.45, 2.75) is 57.9 Å². The van der Waals surface area contributed by atoms with Crippen LogP contribution in [0.2, 0.25) is 0 Å². The lowest BCUT2D eigenvalue weighted by atomic mass is 10.1. The monoisotopic (exact) mass is 287 g/mol. The Hall–Kier alpha value is -1.09. The zero-order chi connectivity index (χ0) is 14.5. The van der Waals surface area contributed by atoms with Crippen molar-refractivity contribution in [2.24, 2.45) is 0 Å². The lowest BCUT2D eigenvalue weighted by Gasteiger charge is -2.38. The molecule has 3 rings (SSSR count). The van der Waals surface area contributed by atoms with Crippen molar-refractivity contribution in [1.82, 2.24) is 9.88 Å². The lowest BCUT2D eigenvalue weighted by molar-refractivity contribution is 0.187. The molecule has 3 heteroatoms. The minimum Gasteiger partial charge on any atom is -0.354 e. The molecule has 3 nitrogen and oxygen atoms in total. The molecule has 0 amide bonds. The van der Waals surface area contributed by atoms with Gasteiger partial charge in [0.25, 0.3) is 0 Å². The normalized spacial score (nSPS) is 21.1. The lowest BCUT2D eigenvalue weighted by Crippen LogP contribution is -2.50. The highest BCUT2D eigenvalue weighted by Crippen LogP contribution is 2.25. The van der Waals surface area contributed by atoms with Crippen LogP contribution in [0.4, 0.5) is 5.82 Å². The molecular formula is C18H29N3. The van der Waals surface area contributed by atoms with Crippen molar-refractivity contribution in [1.29, 1.82) is 0 Å². The number of hydrogen-bond donors (Lipinski definition) is 0. The molecule has 2 heterocycles. The predicted molar refractivity (Wildman–Crippen MR) is 88.9 cm³/mol. The van der Waals surface area contributed by atoms with Crippen molar-refractivity contribution < 1.29 is 0 Å². The quantitative estimate of drug-likeness (QED) is 0.826. The van der Waals surface area contributed by atoms with Crippen LogP contribution >= 0.6 is 0 Å². The molecule has 0 unspecified atom stereocenters. The Kier molecular flexibility index (Phi) is 5.13. The van der Waals surface area contributed by atoms with E-state index < -0.39 is 0 Å². The maximum Gasteiger partial charge on any atom is 0.128 e. The van der Waals surface area contributed by atoms with Gasteiger partial charge in [0.15, 0.2) is 0 Å². The van der Waals surface area contributed by atoms with E-state index in [0.29, 0.717) is 0 Å². The summed E-state index contributed by atoms with van der Waals surface area (Å²) >= 11 is 0. The van der Waals surface area contributed by atoms with Crippen LogP contribution in [0.3, 0.4) is 0 Å². The molecule has 1 aliphatic heterocycles. The summed E-state index contributed by atoms with van der Waals surface area (Å²) in [5.74, 6) is 1.19. The molecule has 1 saturated carbocycles. The van der Waals surface area contributed by atoms with Crippen LogP contribution in [0.15, 0.2) is 18.3 Å². The molecule has 1 aliphatic carbocycles. The Bertz CT molecular complexity index is 432. The van der Waals surface area contributed by atoms with E-state index in [1.165, 1.54) is 69.4 Å². The Morgan fingerprint density at radius 2 is 1.90 bits per heavy atom. The summed E-state index contributed by atoms with van der Waals surface area (Å²) in [6.07, 6.45) is 11.4. The largest absolute Gasteiger partial charge is 0.354 e. The van der Waals surface area contributed by atoms with E-state index in [2.05, 4.69) is 33.8 Å². The zero-order valence-electron chi connectivity index (χ0n) is 13.4. The molecule has 2 aliphatic rings. The summed E-state index contributed by atoms with van der Waals surface area (Å²) in [5, 5.41) is 0. The van der Waals surface area contributed by atoms with Gasteiger partial charge in [0.05, 0.1) is 0 Å². The Morgan fingerprint density at radius 3 is 2.62 bits per heavy atom. The van der Waals surface area contributed by atoms with E-state index >= 15 is 0 Å². The highest BCUT2D eigenvalue weighted by Gasteiger charge is 2.26. The smallest absolute Gasteiger partial charge is 0.128 e. The molecule has 2 fully saturated rings. The van der Waals surface area contributed by atoms with Gasteiger partial charge in [-0.15, -0.1) is 0 Å². The van der Waals surface area contributed by atoms with Crippen LogP contribution in [0.25, 0.3) is 0 Å². The molecule has 0 atom stereocenters. The van der Waals surface area contributed by atoms with Gasteiger partial charge in [0.2, 0.25) is 0 Å². The summed E-state index contributed by atoms with van der Waals surface area (Å²) in [7, 11) is 0. The van der Waals surface area contributed by atoms with Gasteiger partial charge in [-0.3, -0.25) is 4.90 Å². The van der Waals surface area contributed by atoms with Crippen LogP contribution < -0.4 is 4.90 Å². The van der Waals surface area contributed by atoms with Crippen molar-refractivity contribution in [3.05, 3.63) is 23.9 Å². The molecule has 0 N–H and O–H groups in total. The zero-order valence-corrected chi connectivity index (χ0v) is 13.4. The topological polar surface area (TPSA) is 19.4 Å². The second kappa shape index (κ2) is 7.26. The second-order valence-corrected chi connectivity index (χ2v) is 6.59. The molecule has 21 heavy (non-hydrogen) atoms. The third-order valence-electron chi connectivity index (χ3n) is 5.11. The first-order valence-corrected chi connectivity index (χ1v) is 8.81. The van der Waals surface area contributed by atoms with E-state index in [4.69, 9.17) is 0 Å². The SMILES string of the molecule is CCCCc1ccnc(N2CCN(C3CCCC3)CC2)c1. The van der Waals surface area contributed by atoms with Crippen molar-refractivity contribution in [3.8, 4) is 0 Å². The van der Waals surface area contributed by atoms with Crippen molar-refractivity contribution >= 4 is 5.82 Å². The van der Waals surface area contributed by atoms with E-state index in [1.807, 2.05) is 6.20 Å². The van der Waals surface area contributed by atoms with Gasteiger partial charge >= 0.3 is 0 Å². The molecule has 1 aromatic rings. The van der Waals surface area contributed by atoms with E-state index in [-0.39, 0.29) is 0 Å². The maximum atomic E-state index is 4.60. The van der Waals surface area contributed by atoms with Crippen LogP contribution in [0, 0.1) is 0 Å². The Balaban J connectivity index is 1.56. The Labute approximate surface area is 129 Å². The summed E-state index contributed by atoms with van der Waals surface area (Å²) in [6.45, 7) is 6.96. The molecule has 0 radical (unpaired) electrons. The van der Waals surface area contributed by atoms with E-state index in [9.17, 15) is 0 Å². The predicted octanol–water partition coefficient (Wildman–Crippen LogP) is 3.49. The average Bonchev–Trinajstić information content (AvgIpc) is 3.08. The second-order valence-electron chi connectivity index (χ2n) is 6.59. The third kappa shape index (κ3) is 3.76. The summed E-state index contributed by atoms with van der Waals surface area (Å²) in [4.78, 5) is 9.79. The average molecular weight is 287 g/mol. The number of pyridine rings is 1. The first-order valence-electron chi connectivity index (χ1n) is 8.81. The summed E-state index contributed by atoms with van der Waals surface area (Å²) in [6, 6.07) is 5.35. The van der Waals surface area contributed by atoms with Crippen LogP contribution in [0.5, 0.6) is 0 Å². The van der Waals surface area contributed by atoms with Crippen molar-refractivity contribution in [2.75, 3.05) is 31.1 Å². The molecule has 0 bridgehead atoms. The number of aromatic nitrogens is 1. The fraction of sp³-hybridized carbons (Fsp3) is 0.722. The van der Waals surface area contributed by atoms with Crippen LogP contribution in [0.1, 0.15) is 51.0 Å². The van der Waals surface area contributed by atoms with E-state index in [0.717, 1.165) is 19.1 Å². The molecule has 116 valence electrons. The Morgan fingerprint density at radius 1 is 1.14 bits per heavy atom. The number of anilines is 1. The number of aryl methyl sites for hydroxylation is 1. The number of hydrogen-bond acceptors (Lipinski definition) is 3. The molecular weight excluding hydrogens is 258 g/mol. The number of nitrogens with zero attached hydrogens (tertiary/aromatic N) is 3. The fourth-order valence-corrected chi connectivity index (χ4v) is 3.76. The molecule has 1 aromatic heterocycles. The number of unbranched alkanes of at least 4 members (excludes halogenated alkanes) is 1. The van der Waals surface area contributed by atoms with Gasteiger partial charge in [0, 0.05) is 38.4 Å². The minimum absolute atomic E-state index is 0.871. The molecule has 1 saturated heterocycles.